The number of carbonyl (C=O) groups is 3. The van der Waals surface area contributed by atoms with Gasteiger partial charge < -0.3 is 24.4 Å². The van der Waals surface area contributed by atoms with E-state index in [0.717, 1.165) is 22.4 Å². The lowest BCUT2D eigenvalue weighted by molar-refractivity contribution is -0.121. The molecule has 0 bridgehead atoms. The minimum atomic E-state index is -1.41. The van der Waals surface area contributed by atoms with Crippen molar-refractivity contribution >= 4 is 34.4 Å². The lowest BCUT2D eigenvalue weighted by Crippen LogP contribution is -2.51. The first-order valence-electron chi connectivity index (χ1n) is 14.9. The number of nitrogens with zero attached hydrogens (tertiary/aromatic N) is 1. The predicted molar refractivity (Wildman–Crippen MR) is 169 cm³/mol. The maximum Gasteiger partial charge on any atom is 0.238 e. The number of allylic oxidation sites excluding steroid dienone is 1. The number of carbonyl (C=O) groups excluding carboxylic acids is 3. The molecule has 0 saturated carbocycles. The molecule has 0 radical (unpaired) electrons. The normalized spacial score (nSPS) is 23.6. The summed E-state index contributed by atoms with van der Waals surface area (Å²) in [6.07, 6.45) is 2.06. The first kappa shape index (κ1) is 27.2. The standard InChI is InChI=1S/C37H30N2O6/c1-20-11-13-28-25(15-20)21(2)16-31-37(26-9-4-5-10-27(26)38-36(37)42)32(34(40)23-12-14-29-30(18-23)45-19-44-29)33(39(28)31)35(41)22-7-6-8-24(17-22)43-3/h4-18,31-33H,19H2,1-3H3,(H,38,42)/t31-,32-,33-,37-/m0/s1. The molecule has 1 amide bonds. The minimum Gasteiger partial charge on any atom is -0.497 e. The molecule has 4 atom stereocenters. The number of Topliss-reactive ketones (excluding diaryl/α,β-unsaturated/α-hetero) is 2. The largest absolute Gasteiger partial charge is 0.497 e. The van der Waals surface area contributed by atoms with Crippen molar-refractivity contribution in [2.24, 2.45) is 5.92 Å². The quantitative estimate of drug-likeness (QED) is 0.283. The van der Waals surface area contributed by atoms with Crippen LogP contribution in [0, 0.1) is 12.8 Å². The van der Waals surface area contributed by atoms with Crippen molar-refractivity contribution in [2.75, 3.05) is 24.1 Å². The zero-order valence-corrected chi connectivity index (χ0v) is 25.0. The van der Waals surface area contributed by atoms with E-state index in [1.165, 1.54) is 0 Å². The highest BCUT2D eigenvalue weighted by Crippen LogP contribution is 2.59. The molecule has 4 aliphatic heterocycles. The first-order chi connectivity index (χ1) is 21.8. The Bertz CT molecular complexity index is 1980. The van der Waals surface area contributed by atoms with Crippen LogP contribution in [0.1, 0.15) is 44.3 Å². The SMILES string of the molecule is COc1cccc(C(=O)[C@@H]2[C@@H](C(=O)c3ccc4c(c3)OCO4)[C@@]3(C(=O)Nc4ccccc43)[C@@H]3C=C(C)c4cc(C)ccc4N23)c1. The smallest absolute Gasteiger partial charge is 0.238 e. The van der Waals surface area contributed by atoms with Crippen LogP contribution in [0.3, 0.4) is 0 Å². The van der Waals surface area contributed by atoms with E-state index in [-0.39, 0.29) is 24.3 Å². The Morgan fingerprint density at radius 1 is 0.889 bits per heavy atom. The minimum absolute atomic E-state index is 0.0587. The van der Waals surface area contributed by atoms with E-state index in [9.17, 15) is 9.59 Å². The number of hydrogen-bond donors (Lipinski definition) is 1. The lowest BCUT2D eigenvalue weighted by atomic mass is 9.64. The molecule has 1 spiro atoms. The predicted octanol–water partition coefficient (Wildman–Crippen LogP) is 5.98. The lowest BCUT2D eigenvalue weighted by Gasteiger charge is -2.39. The van der Waals surface area contributed by atoms with E-state index in [2.05, 4.69) is 17.5 Å². The van der Waals surface area contributed by atoms with Gasteiger partial charge in [-0.25, -0.2) is 0 Å². The highest BCUT2D eigenvalue weighted by atomic mass is 16.7. The van der Waals surface area contributed by atoms with Crippen molar-refractivity contribution in [3.05, 3.63) is 119 Å². The molecule has 0 unspecified atom stereocenters. The number of benzene rings is 4. The topological polar surface area (TPSA) is 94.2 Å². The van der Waals surface area contributed by atoms with Crippen LogP contribution in [0.15, 0.2) is 91.0 Å². The summed E-state index contributed by atoms with van der Waals surface area (Å²) >= 11 is 0. The summed E-state index contributed by atoms with van der Waals surface area (Å²) < 4.78 is 16.6. The Balaban J connectivity index is 1.43. The van der Waals surface area contributed by atoms with Gasteiger partial charge in [-0.1, -0.05) is 48.0 Å². The Labute approximate surface area is 260 Å². The second kappa shape index (κ2) is 9.82. The van der Waals surface area contributed by atoms with Gasteiger partial charge in [0.1, 0.15) is 17.2 Å². The van der Waals surface area contributed by atoms with Crippen molar-refractivity contribution in [2.45, 2.75) is 31.3 Å². The van der Waals surface area contributed by atoms with Gasteiger partial charge in [0.25, 0.3) is 0 Å². The number of para-hydroxylation sites is 1. The Morgan fingerprint density at radius 2 is 1.69 bits per heavy atom. The number of ketones is 2. The zero-order valence-electron chi connectivity index (χ0n) is 25.0. The van der Waals surface area contributed by atoms with E-state index >= 15 is 4.79 Å². The molecule has 8 rings (SSSR count). The van der Waals surface area contributed by atoms with E-state index in [4.69, 9.17) is 14.2 Å². The van der Waals surface area contributed by atoms with Crippen LogP contribution >= 0.6 is 0 Å². The molecule has 0 aliphatic carbocycles. The number of amides is 1. The molecule has 8 heteroatoms. The highest BCUT2D eigenvalue weighted by Gasteiger charge is 2.70. The second-order valence-corrected chi connectivity index (χ2v) is 12.0. The molecule has 4 aromatic rings. The van der Waals surface area contributed by atoms with Crippen LogP contribution in [0.4, 0.5) is 11.4 Å². The third-order valence-electron chi connectivity index (χ3n) is 9.69. The number of anilines is 2. The van der Waals surface area contributed by atoms with Gasteiger partial charge in [-0.15, -0.1) is 0 Å². The summed E-state index contributed by atoms with van der Waals surface area (Å²) in [6, 6.07) is 23.9. The Kier molecular flexibility index (Phi) is 5.94. The van der Waals surface area contributed by atoms with Crippen LogP contribution in [-0.2, 0) is 10.2 Å². The second-order valence-electron chi connectivity index (χ2n) is 12.0. The molecular weight excluding hydrogens is 568 g/mol. The molecule has 4 aromatic carbocycles. The fourth-order valence-electron chi connectivity index (χ4n) is 7.72. The van der Waals surface area contributed by atoms with Gasteiger partial charge in [-0.2, -0.15) is 0 Å². The molecule has 8 nitrogen and oxygen atoms in total. The van der Waals surface area contributed by atoms with Gasteiger partial charge in [0.05, 0.1) is 19.1 Å². The van der Waals surface area contributed by atoms with E-state index < -0.39 is 23.4 Å². The van der Waals surface area contributed by atoms with Gasteiger partial charge in [0.2, 0.25) is 12.7 Å². The monoisotopic (exact) mass is 598 g/mol. The number of aryl methyl sites for hydroxylation is 1. The summed E-state index contributed by atoms with van der Waals surface area (Å²) in [4.78, 5) is 46.7. The van der Waals surface area contributed by atoms with Crippen LogP contribution in [0.2, 0.25) is 0 Å². The molecule has 0 aromatic heterocycles. The molecule has 1 N–H and O–H groups in total. The first-order valence-corrected chi connectivity index (χ1v) is 14.9. The maximum absolute atomic E-state index is 15.1. The molecule has 4 heterocycles. The van der Waals surface area contributed by atoms with Crippen molar-refractivity contribution in [3.8, 4) is 17.2 Å². The van der Waals surface area contributed by atoms with Crippen molar-refractivity contribution < 1.29 is 28.6 Å². The number of ether oxygens (including phenoxy) is 3. The van der Waals surface area contributed by atoms with Crippen molar-refractivity contribution in [3.63, 3.8) is 0 Å². The molecule has 1 fully saturated rings. The summed E-state index contributed by atoms with van der Waals surface area (Å²) in [5.74, 6) is -0.477. The highest BCUT2D eigenvalue weighted by molar-refractivity contribution is 6.18. The van der Waals surface area contributed by atoms with Gasteiger partial charge in [0, 0.05) is 28.1 Å². The third kappa shape index (κ3) is 3.75. The Morgan fingerprint density at radius 3 is 2.53 bits per heavy atom. The molecule has 4 aliphatic rings. The summed E-state index contributed by atoms with van der Waals surface area (Å²) in [5, 5.41) is 3.08. The number of hydrogen-bond acceptors (Lipinski definition) is 7. The van der Waals surface area contributed by atoms with Crippen LogP contribution in [0.25, 0.3) is 5.57 Å². The Hall–Kier alpha value is -5.37. The number of fused-ring (bicyclic) bond motifs is 7. The van der Waals surface area contributed by atoms with Gasteiger partial charge in [0.15, 0.2) is 23.1 Å². The van der Waals surface area contributed by atoms with Crippen LogP contribution in [-0.4, -0.2) is 43.5 Å². The van der Waals surface area contributed by atoms with Crippen LogP contribution in [0.5, 0.6) is 17.2 Å². The van der Waals surface area contributed by atoms with E-state index in [0.29, 0.717) is 39.6 Å². The van der Waals surface area contributed by atoms with Crippen LogP contribution < -0.4 is 24.4 Å². The summed E-state index contributed by atoms with van der Waals surface area (Å²) in [5.41, 5.74) is 4.49. The molecular formula is C37H30N2O6. The fraction of sp³-hybridized carbons (Fsp3) is 0.216. The van der Waals surface area contributed by atoms with E-state index in [1.807, 2.05) is 55.1 Å². The maximum atomic E-state index is 15.1. The molecule has 45 heavy (non-hydrogen) atoms. The fourth-order valence-corrected chi connectivity index (χ4v) is 7.72. The average molecular weight is 599 g/mol. The van der Waals surface area contributed by atoms with Crippen molar-refractivity contribution in [1.82, 2.24) is 0 Å². The number of nitrogens with one attached hydrogen (secondary N) is 1. The summed E-state index contributed by atoms with van der Waals surface area (Å²) in [6.45, 7) is 4.10. The number of rotatable bonds is 5. The van der Waals surface area contributed by atoms with Gasteiger partial charge >= 0.3 is 0 Å². The third-order valence-corrected chi connectivity index (χ3v) is 9.69. The summed E-state index contributed by atoms with van der Waals surface area (Å²) in [7, 11) is 1.55. The van der Waals surface area contributed by atoms with E-state index in [1.54, 1.807) is 49.6 Å². The van der Waals surface area contributed by atoms with Gasteiger partial charge in [-0.3, -0.25) is 14.4 Å². The average Bonchev–Trinajstić information content (AvgIpc) is 3.73. The van der Waals surface area contributed by atoms with Crippen molar-refractivity contribution in [1.29, 1.82) is 0 Å². The number of methoxy groups -OCH3 is 1. The molecule has 1 saturated heterocycles. The molecule has 224 valence electrons. The van der Waals surface area contributed by atoms with Gasteiger partial charge in [-0.05, 0) is 73.5 Å². The zero-order chi connectivity index (χ0) is 31.0.